The molecule has 3 aromatic heterocycles. The fourth-order valence-electron chi connectivity index (χ4n) is 7.91. The molecule has 1 aliphatic heterocycles. The first-order valence-corrected chi connectivity index (χ1v) is 16.9. The zero-order valence-corrected chi connectivity index (χ0v) is 29.3. The lowest BCUT2D eigenvalue weighted by Crippen LogP contribution is -2.30. The van der Waals surface area contributed by atoms with E-state index in [1.165, 1.54) is 56.0 Å². The Hall–Kier alpha value is -5.16. The third kappa shape index (κ3) is 4.30. The van der Waals surface area contributed by atoms with Crippen molar-refractivity contribution in [3.63, 3.8) is 0 Å². The van der Waals surface area contributed by atoms with Crippen molar-refractivity contribution < 1.29 is 0 Å². The Balaban J connectivity index is 1.48. The van der Waals surface area contributed by atoms with Crippen LogP contribution in [0.2, 0.25) is 0 Å². The maximum atomic E-state index is 5.13. The van der Waals surface area contributed by atoms with Gasteiger partial charge >= 0.3 is 0 Å². The molecule has 0 amide bonds. The molecule has 0 unspecified atom stereocenters. The molecule has 0 saturated heterocycles. The van der Waals surface area contributed by atoms with Crippen LogP contribution in [-0.2, 0) is 10.8 Å². The van der Waals surface area contributed by atoms with Crippen LogP contribution < -0.4 is 4.90 Å². The first-order chi connectivity index (χ1) is 23.0. The van der Waals surface area contributed by atoms with E-state index < -0.39 is 5.41 Å². The molecule has 8 rings (SSSR count). The summed E-state index contributed by atoms with van der Waals surface area (Å²) in [5.41, 5.74) is 17.1. The Kier molecular flexibility index (Phi) is 6.72. The number of hydrogen-bond donors (Lipinski definition) is 0. The number of pyridine rings is 2. The summed E-state index contributed by atoms with van der Waals surface area (Å²) in [5, 5.41) is 0. The molecular weight excluding hydrogens is 587 g/mol. The Morgan fingerprint density at radius 3 is 2.04 bits per heavy atom. The number of anilines is 1. The van der Waals surface area contributed by atoms with Crippen molar-refractivity contribution in [1.29, 1.82) is 0 Å². The van der Waals surface area contributed by atoms with E-state index in [-0.39, 0.29) is 5.41 Å². The van der Waals surface area contributed by atoms with E-state index in [4.69, 9.17) is 9.97 Å². The van der Waals surface area contributed by atoms with Crippen molar-refractivity contribution in [2.45, 2.75) is 59.3 Å². The lowest BCUT2D eigenvalue weighted by molar-refractivity contribution is 0.460. The van der Waals surface area contributed by atoms with Gasteiger partial charge in [-0.25, -0.2) is 4.98 Å². The van der Waals surface area contributed by atoms with E-state index >= 15 is 0 Å². The molecule has 0 saturated carbocycles. The van der Waals surface area contributed by atoms with Crippen LogP contribution in [0.5, 0.6) is 0 Å². The van der Waals surface area contributed by atoms with Crippen LogP contribution in [0.25, 0.3) is 28.0 Å². The highest BCUT2D eigenvalue weighted by atomic mass is 15.4. The molecule has 48 heavy (non-hydrogen) atoms. The predicted molar refractivity (Wildman–Crippen MR) is 197 cm³/mol. The number of aryl methyl sites for hydroxylation is 2. The minimum absolute atomic E-state index is 0.00753. The van der Waals surface area contributed by atoms with Crippen molar-refractivity contribution in [3.05, 3.63) is 154 Å². The Morgan fingerprint density at radius 1 is 0.708 bits per heavy atom. The van der Waals surface area contributed by atoms with Gasteiger partial charge in [-0.05, 0) is 102 Å². The summed E-state index contributed by atoms with van der Waals surface area (Å²) in [6.45, 7) is 16.3. The van der Waals surface area contributed by atoms with Crippen LogP contribution in [0.1, 0.15) is 73.8 Å². The molecular formula is C43H43N5. The standard InChI is InChI=1S/C43H43N5/c1-27-28(2)47-25-33(23-37(41(47)45-27)40-24-31(20-21-44-40)42(5,6)7)43(38-18-11-9-16-35(38)36-17-10-12-19-39(36)43)32-14-13-15-34(22-32)48-26-46(8)29(3)30(48)4/h9-25H,26H2,1-8H3. The fraction of sp³-hybridized carbons (Fsp3) is 0.256. The molecule has 240 valence electrons. The van der Waals surface area contributed by atoms with Crippen molar-refractivity contribution in [3.8, 4) is 22.4 Å². The summed E-state index contributed by atoms with van der Waals surface area (Å²) >= 11 is 0. The van der Waals surface area contributed by atoms with Crippen LogP contribution in [0.3, 0.4) is 0 Å². The highest BCUT2D eigenvalue weighted by Crippen LogP contribution is 2.57. The van der Waals surface area contributed by atoms with E-state index in [0.717, 1.165) is 35.0 Å². The van der Waals surface area contributed by atoms with Gasteiger partial charge in [-0.15, -0.1) is 0 Å². The van der Waals surface area contributed by atoms with Crippen molar-refractivity contribution in [2.75, 3.05) is 18.6 Å². The second kappa shape index (κ2) is 10.7. The fourth-order valence-corrected chi connectivity index (χ4v) is 7.91. The maximum absolute atomic E-state index is 5.13. The van der Waals surface area contributed by atoms with Gasteiger partial charge in [-0.1, -0.05) is 81.4 Å². The second-order valence-corrected chi connectivity index (χ2v) is 14.6. The number of imidazole rings is 1. The summed E-state index contributed by atoms with van der Waals surface area (Å²) in [5.74, 6) is 0. The summed E-state index contributed by atoms with van der Waals surface area (Å²) in [6, 6.07) is 33.9. The third-order valence-corrected chi connectivity index (χ3v) is 10.9. The number of nitrogens with zero attached hydrogens (tertiary/aromatic N) is 5. The first-order valence-electron chi connectivity index (χ1n) is 16.9. The minimum atomic E-state index is -0.573. The molecule has 0 fully saturated rings. The molecule has 1 aliphatic carbocycles. The van der Waals surface area contributed by atoms with E-state index in [0.29, 0.717) is 0 Å². The molecule has 4 heterocycles. The molecule has 0 radical (unpaired) electrons. The summed E-state index contributed by atoms with van der Waals surface area (Å²) in [4.78, 5) is 14.9. The number of hydrogen-bond acceptors (Lipinski definition) is 4. The van der Waals surface area contributed by atoms with E-state index in [9.17, 15) is 0 Å². The highest BCUT2D eigenvalue weighted by molar-refractivity contribution is 5.88. The van der Waals surface area contributed by atoms with Gasteiger partial charge in [-0.2, -0.15) is 0 Å². The number of aromatic nitrogens is 3. The molecule has 6 aromatic rings. The number of allylic oxidation sites excluding steroid dienone is 2. The third-order valence-electron chi connectivity index (χ3n) is 10.9. The lowest BCUT2D eigenvalue weighted by Gasteiger charge is -2.35. The summed E-state index contributed by atoms with van der Waals surface area (Å²) in [7, 11) is 2.17. The molecule has 5 heteroatoms. The monoisotopic (exact) mass is 629 g/mol. The van der Waals surface area contributed by atoms with Crippen LogP contribution >= 0.6 is 0 Å². The molecule has 5 nitrogen and oxygen atoms in total. The SMILES string of the molecule is CC1=C(C)N(c2cccc(C3(c4cc(-c5cc(C(C)(C)C)ccn5)c5nc(C)c(C)n5c4)c4ccccc4-c4ccccc43)c2)CN1C. The largest absolute Gasteiger partial charge is 0.359 e. The molecule has 0 spiro atoms. The van der Waals surface area contributed by atoms with Gasteiger partial charge in [-0.3, -0.25) is 4.98 Å². The summed E-state index contributed by atoms with van der Waals surface area (Å²) in [6.07, 6.45) is 4.29. The molecule has 2 aliphatic rings. The highest BCUT2D eigenvalue weighted by Gasteiger charge is 2.47. The van der Waals surface area contributed by atoms with Gasteiger partial charge in [0.1, 0.15) is 5.65 Å². The Bertz CT molecular complexity index is 2240. The quantitative estimate of drug-likeness (QED) is 0.194. The van der Waals surface area contributed by atoms with Crippen LogP contribution in [0.15, 0.2) is 115 Å². The topological polar surface area (TPSA) is 36.7 Å². The maximum Gasteiger partial charge on any atom is 0.146 e. The minimum Gasteiger partial charge on any atom is -0.359 e. The zero-order valence-electron chi connectivity index (χ0n) is 29.3. The summed E-state index contributed by atoms with van der Waals surface area (Å²) < 4.78 is 2.30. The van der Waals surface area contributed by atoms with Gasteiger partial charge in [0, 0.05) is 47.8 Å². The molecule has 0 bridgehead atoms. The van der Waals surface area contributed by atoms with Gasteiger partial charge in [0.05, 0.1) is 23.5 Å². The lowest BCUT2D eigenvalue weighted by atomic mass is 9.67. The Labute approximate surface area is 284 Å². The smallest absolute Gasteiger partial charge is 0.146 e. The average Bonchev–Trinajstić information content (AvgIpc) is 3.66. The molecule has 0 atom stereocenters. The van der Waals surface area contributed by atoms with Crippen LogP contribution in [-0.4, -0.2) is 33.0 Å². The van der Waals surface area contributed by atoms with Gasteiger partial charge in [0.25, 0.3) is 0 Å². The predicted octanol–water partition coefficient (Wildman–Crippen LogP) is 9.63. The van der Waals surface area contributed by atoms with E-state index in [2.05, 4.69) is 167 Å². The zero-order chi connectivity index (χ0) is 33.5. The molecule has 3 aromatic carbocycles. The van der Waals surface area contributed by atoms with E-state index in [1.54, 1.807) is 0 Å². The van der Waals surface area contributed by atoms with Crippen molar-refractivity contribution in [2.24, 2.45) is 0 Å². The number of benzene rings is 3. The van der Waals surface area contributed by atoms with Crippen LogP contribution in [0.4, 0.5) is 5.69 Å². The van der Waals surface area contributed by atoms with Crippen molar-refractivity contribution in [1.82, 2.24) is 19.3 Å². The van der Waals surface area contributed by atoms with Gasteiger partial charge in [0.2, 0.25) is 0 Å². The molecule has 0 N–H and O–H groups in total. The Morgan fingerprint density at radius 2 is 1.40 bits per heavy atom. The normalized spacial score (nSPS) is 15.4. The first kappa shape index (κ1) is 30.2. The average molecular weight is 630 g/mol. The van der Waals surface area contributed by atoms with Crippen LogP contribution in [0, 0.1) is 13.8 Å². The van der Waals surface area contributed by atoms with Crippen molar-refractivity contribution >= 4 is 11.3 Å². The van der Waals surface area contributed by atoms with Gasteiger partial charge in [0.15, 0.2) is 0 Å². The van der Waals surface area contributed by atoms with Gasteiger partial charge < -0.3 is 14.2 Å². The number of fused-ring (bicyclic) bond motifs is 4. The van der Waals surface area contributed by atoms with E-state index in [1.807, 2.05) is 6.20 Å². The number of rotatable bonds is 4. The second-order valence-electron chi connectivity index (χ2n) is 14.6.